The van der Waals surface area contributed by atoms with E-state index in [4.69, 9.17) is 0 Å². The van der Waals surface area contributed by atoms with Crippen LogP contribution in [0.2, 0.25) is 0 Å². The summed E-state index contributed by atoms with van der Waals surface area (Å²) in [6.45, 7) is 3.72. The Kier molecular flexibility index (Phi) is 8.04. The van der Waals surface area contributed by atoms with Crippen LogP contribution in [0, 0.1) is 10.1 Å². The summed E-state index contributed by atoms with van der Waals surface area (Å²) >= 11 is 0. The van der Waals surface area contributed by atoms with Crippen LogP contribution in [-0.4, -0.2) is 41.8 Å². The fourth-order valence-corrected chi connectivity index (χ4v) is 1.85. The number of nitrogens with one attached hydrogen (secondary N) is 3. The molecule has 0 aromatic heterocycles. The fourth-order valence-electron chi connectivity index (χ4n) is 1.85. The minimum absolute atomic E-state index is 0.0809. The molecule has 0 aliphatic rings. The third-order valence-electron chi connectivity index (χ3n) is 3.42. The van der Waals surface area contributed by atoms with Gasteiger partial charge in [-0.2, -0.15) is 0 Å². The number of hydrogen-bond acceptors (Lipinski definition) is 5. The highest BCUT2D eigenvalue weighted by Crippen LogP contribution is 2.12. The van der Waals surface area contributed by atoms with E-state index >= 15 is 0 Å². The van der Waals surface area contributed by atoms with Crippen molar-refractivity contribution in [2.45, 2.75) is 32.7 Å². The van der Waals surface area contributed by atoms with Crippen LogP contribution in [0.1, 0.15) is 37.0 Å². The SMILES string of the molecule is CCC(C)NC(=O)CCNC(=O)CNC(=O)c1cccc([N+](=O)[O-])c1. The largest absolute Gasteiger partial charge is 0.354 e. The number of hydrogen-bond donors (Lipinski definition) is 3. The Morgan fingerprint density at radius 2 is 1.92 bits per heavy atom. The highest BCUT2D eigenvalue weighted by atomic mass is 16.6. The number of nitrogens with zero attached hydrogens (tertiary/aromatic N) is 1. The zero-order chi connectivity index (χ0) is 18.8. The summed E-state index contributed by atoms with van der Waals surface area (Å²) in [7, 11) is 0. The third kappa shape index (κ3) is 7.42. The van der Waals surface area contributed by atoms with Crippen molar-refractivity contribution >= 4 is 23.4 Å². The Morgan fingerprint density at radius 1 is 1.20 bits per heavy atom. The molecule has 1 aromatic rings. The van der Waals surface area contributed by atoms with Crippen molar-refractivity contribution in [1.82, 2.24) is 16.0 Å². The number of amides is 3. The molecule has 0 saturated carbocycles. The smallest absolute Gasteiger partial charge is 0.270 e. The van der Waals surface area contributed by atoms with Crippen molar-refractivity contribution in [1.29, 1.82) is 0 Å². The Hall–Kier alpha value is -2.97. The summed E-state index contributed by atoms with van der Waals surface area (Å²) in [6, 6.07) is 5.29. The van der Waals surface area contributed by atoms with Crippen LogP contribution in [0.5, 0.6) is 0 Å². The van der Waals surface area contributed by atoms with Gasteiger partial charge in [-0.1, -0.05) is 13.0 Å². The van der Waals surface area contributed by atoms with Gasteiger partial charge in [-0.3, -0.25) is 24.5 Å². The lowest BCUT2D eigenvalue weighted by atomic mass is 10.2. The highest BCUT2D eigenvalue weighted by Gasteiger charge is 2.12. The molecule has 3 N–H and O–H groups in total. The molecule has 1 atom stereocenters. The molecule has 136 valence electrons. The van der Waals surface area contributed by atoms with Crippen molar-refractivity contribution < 1.29 is 19.3 Å². The Morgan fingerprint density at radius 3 is 2.56 bits per heavy atom. The average Bonchev–Trinajstić information content (AvgIpc) is 2.59. The predicted octanol–water partition coefficient (Wildman–Crippen LogP) is 0.746. The first kappa shape index (κ1) is 20.1. The molecule has 0 bridgehead atoms. The van der Waals surface area contributed by atoms with E-state index in [9.17, 15) is 24.5 Å². The van der Waals surface area contributed by atoms with E-state index in [0.717, 1.165) is 12.5 Å². The van der Waals surface area contributed by atoms with Gasteiger partial charge in [-0.05, 0) is 19.4 Å². The van der Waals surface area contributed by atoms with Gasteiger partial charge >= 0.3 is 0 Å². The van der Waals surface area contributed by atoms with Gasteiger partial charge < -0.3 is 16.0 Å². The molecule has 9 nitrogen and oxygen atoms in total. The quantitative estimate of drug-likeness (QED) is 0.447. The second kappa shape index (κ2) is 10.0. The van der Waals surface area contributed by atoms with E-state index in [1.165, 1.54) is 18.2 Å². The maximum absolute atomic E-state index is 11.9. The summed E-state index contributed by atoms with van der Waals surface area (Å²) in [4.78, 5) is 45.2. The average molecular weight is 350 g/mol. The van der Waals surface area contributed by atoms with Crippen LogP contribution in [0.3, 0.4) is 0 Å². The van der Waals surface area contributed by atoms with Crippen molar-refractivity contribution in [3.05, 3.63) is 39.9 Å². The minimum Gasteiger partial charge on any atom is -0.354 e. The Labute approximate surface area is 145 Å². The molecule has 0 spiro atoms. The minimum atomic E-state index is -0.603. The van der Waals surface area contributed by atoms with Crippen LogP contribution in [-0.2, 0) is 9.59 Å². The van der Waals surface area contributed by atoms with E-state index in [1.54, 1.807) is 0 Å². The summed E-state index contributed by atoms with van der Waals surface area (Å²) in [6.07, 6.45) is 0.969. The Bertz CT molecular complexity index is 647. The molecule has 1 unspecified atom stereocenters. The topological polar surface area (TPSA) is 130 Å². The molecule has 1 aromatic carbocycles. The maximum atomic E-state index is 11.9. The van der Waals surface area contributed by atoms with Gasteiger partial charge in [-0.25, -0.2) is 0 Å². The normalized spacial score (nSPS) is 11.3. The van der Waals surface area contributed by atoms with E-state index in [1.807, 2.05) is 13.8 Å². The summed E-state index contributed by atoms with van der Waals surface area (Å²) in [5, 5.41) is 18.3. The highest BCUT2D eigenvalue weighted by molar-refractivity contribution is 5.97. The molecule has 1 rings (SSSR count). The van der Waals surface area contributed by atoms with Gasteiger partial charge in [0.25, 0.3) is 11.6 Å². The number of benzene rings is 1. The van der Waals surface area contributed by atoms with Crippen LogP contribution in [0.25, 0.3) is 0 Å². The number of carbonyl (C=O) groups is 3. The molecule has 0 heterocycles. The molecule has 0 aliphatic carbocycles. The molecular weight excluding hydrogens is 328 g/mol. The van der Waals surface area contributed by atoms with Crippen molar-refractivity contribution in [3.63, 3.8) is 0 Å². The molecule has 25 heavy (non-hydrogen) atoms. The van der Waals surface area contributed by atoms with Crippen LogP contribution in [0.15, 0.2) is 24.3 Å². The first-order chi connectivity index (χ1) is 11.8. The number of non-ortho nitro benzene ring substituents is 1. The summed E-state index contributed by atoms with van der Waals surface area (Å²) in [5.41, 5.74) is -0.112. The first-order valence-electron chi connectivity index (χ1n) is 7.92. The number of rotatable bonds is 9. The zero-order valence-electron chi connectivity index (χ0n) is 14.2. The van der Waals surface area contributed by atoms with Crippen molar-refractivity contribution in [2.24, 2.45) is 0 Å². The number of carbonyl (C=O) groups excluding carboxylic acids is 3. The molecular formula is C16H22N4O5. The molecule has 0 saturated heterocycles. The fraction of sp³-hybridized carbons (Fsp3) is 0.438. The van der Waals surface area contributed by atoms with Crippen molar-refractivity contribution in [2.75, 3.05) is 13.1 Å². The molecule has 0 radical (unpaired) electrons. The zero-order valence-corrected chi connectivity index (χ0v) is 14.2. The van der Waals surface area contributed by atoms with Crippen LogP contribution in [0.4, 0.5) is 5.69 Å². The standard InChI is InChI=1S/C16H22N4O5/c1-3-11(2)19-14(21)7-8-17-15(22)10-18-16(23)12-5-4-6-13(9-12)20(24)25/h4-6,9,11H,3,7-8,10H2,1-2H3,(H,17,22)(H,18,23)(H,19,21). The van der Waals surface area contributed by atoms with Gasteiger partial charge in [0.15, 0.2) is 0 Å². The van der Waals surface area contributed by atoms with Crippen LogP contribution >= 0.6 is 0 Å². The van der Waals surface area contributed by atoms with E-state index in [0.29, 0.717) is 0 Å². The lowest BCUT2D eigenvalue weighted by Gasteiger charge is -2.11. The number of nitro groups is 1. The second-order valence-corrected chi connectivity index (χ2v) is 5.47. The number of nitro benzene ring substituents is 1. The summed E-state index contributed by atoms with van der Waals surface area (Å²) in [5.74, 6) is -1.20. The lowest BCUT2D eigenvalue weighted by Crippen LogP contribution is -2.39. The molecule has 0 fully saturated rings. The van der Waals surface area contributed by atoms with Gasteiger partial charge in [-0.15, -0.1) is 0 Å². The third-order valence-corrected chi connectivity index (χ3v) is 3.42. The van der Waals surface area contributed by atoms with Gasteiger partial charge in [0.1, 0.15) is 0 Å². The monoisotopic (exact) mass is 350 g/mol. The van der Waals surface area contributed by atoms with E-state index < -0.39 is 16.7 Å². The van der Waals surface area contributed by atoms with Gasteiger partial charge in [0.2, 0.25) is 11.8 Å². The maximum Gasteiger partial charge on any atom is 0.270 e. The summed E-state index contributed by atoms with van der Waals surface area (Å²) < 4.78 is 0. The lowest BCUT2D eigenvalue weighted by molar-refractivity contribution is -0.384. The van der Waals surface area contributed by atoms with Gasteiger partial charge in [0, 0.05) is 36.7 Å². The molecule has 3 amide bonds. The van der Waals surface area contributed by atoms with Crippen molar-refractivity contribution in [3.8, 4) is 0 Å². The predicted molar refractivity (Wildman–Crippen MR) is 91.0 cm³/mol. The molecule has 9 heteroatoms. The van der Waals surface area contributed by atoms with Crippen LogP contribution < -0.4 is 16.0 Å². The van der Waals surface area contributed by atoms with E-state index in [-0.39, 0.29) is 42.7 Å². The first-order valence-corrected chi connectivity index (χ1v) is 7.92. The second-order valence-electron chi connectivity index (χ2n) is 5.47. The molecule has 0 aliphatic heterocycles. The Balaban J connectivity index is 2.34. The van der Waals surface area contributed by atoms with Gasteiger partial charge in [0.05, 0.1) is 11.5 Å². The van der Waals surface area contributed by atoms with E-state index in [2.05, 4.69) is 16.0 Å².